The molecule has 0 unspecified atom stereocenters. The zero-order valence-corrected chi connectivity index (χ0v) is 16.1. The molecule has 1 aliphatic carbocycles. The number of hydrogen-bond donors (Lipinski definition) is 2. The number of nitrogens with one attached hydrogen (secondary N) is 2. The molecule has 1 aromatic heterocycles. The molecule has 6 nitrogen and oxygen atoms in total. The molecule has 1 saturated carbocycles. The van der Waals surface area contributed by atoms with Crippen LogP contribution in [0.4, 0.5) is 0 Å². The van der Waals surface area contributed by atoms with Crippen molar-refractivity contribution >= 4 is 23.6 Å². The number of likely N-dealkylation sites (tertiary alicyclic amines) is 1. The van der Waals surface area contributed by atoms with Crippen molar-refractivity contribution in [1.29, 1.82) is 0 Å². The van der Waals surface area contributed by atoms with Gasteiger partial charge in [0.2, 0.25) is 11.8 Å². The molecule has 2 N–H and O–H groups in total. The third kappa shape index (κ3) is 5.71. The fourth-order valence-corrected chi connectivity index (χ4v) is 4.40. The predicted octanol–water partition coefficient (Wildman–Crippen LogP) is 1.42. The van der Waals surface area contributed by atoms with Gasteiger partial charge in [0.15, 0.2) is 0 Å². The van der Waals surface area contributed by atoms with Crippen LogP contribution < -0.4 is 10.6 Å². The van der Waals surface area contributed by atoms with E-state index in [1.54, 1.807) is 18.0 Å². The molecule has 1 aromatic rings. The molecule has 2 heterocycles. The average Bonchev–Trinajstić information content (AvgIpc) is 3.36. The Bertz CT molecular complexity index is 609. The lowest BCUT2D eigenvalue weighted by molar-refractivity contribution is -0.125. The molecule has 142 valence electrons. The van der Waals surface area contributed by atoms with Gasteiger partial charge in [-0.3, -0.25) is 19.5 Å². The standard InChI is InChI=1S/C19H28N4O2S/c1-2-21-19(25)17-8-16(22-18(24)13-26-12-14-5-6-14)11-23(17)10-15-4-3-7-20-9-15/h3-4,7,9,14,16-17H,2,5-6,8,10-13H2,1H3,(H,21,25)(H,22,24)/t16-,17-/m0/s1. The molecule has 7 heteroatoms. The number of carbonyl (C=O) groups is 2. The third-order valence-corrected chi connectivity index (χ3v) is 5.99. The Hall–Kier alpha value is -1.60. The van der Waals surface area contributed by atoms with Gasteiger partial charge in [-0.15, -0.1) is 0 Å². The van der Waals surface area contributed by atoms with E-state index in [-0.39, 0.29) is 23.9 Å². The number of carbonyl (C=O) groups excluding carboxylic acids is 2. The molecule has 2 atom stereocenters. The van der Waals surface area contributed by atoms with E-state index in [0.29, 0.717) is 31.8 Å². The van der Waals surface area contributed by atoms with Crippen LogP contribution in [0.3, 0.4) is 0 Å². The summed E-state index contributed by atoms with van der Waals surface area (Å²) in [5.74, 6) is 2.56. The fraction of sp³-hybridized carbons (Fsp3) is 0.632. The monoisotopic (exact) mass is 376 g/mol. The number of pyridine rings is 1. The number of hydrogen-bond acceptors (Lipinski definition) is 5. The summed E-state index contributed by atoms with van der Waals surface area (Å²) in [5.41, 5.74) is 1.08. The molecule has 0 bridgehead atoms. The van der Waals surface area contributed by atoms with Crippen molar-refractivity contribution in [3.8, 4) is 0 Å². The highest BCUT2D eigenvalue weighted by atomic mass is 32.2. The van der Waals surface area contributed by atoms with Gasteiger partial charge in [0.05, 0.1) is 11.8 Å². The SMILES string of the molecule is CCNC(=O)[C@@H]1C[C@H](NC(=O)CSCC2CC2)CN1Cc1cccnc1. The summed E-state index contributed by atoms with van der Waals surface area (Å²) in [6.07, 6.45) is 6.86. The van der Waals surface area contributed by atoms with E-state index >= 15 is 0 Å². The first-order valence-corrected chi connectivity index (χ1v) is 10.6. The number of amides is 2. The van der Waals surface area contributed by atoms with Crippen LogP contribution in [0, 0.1) is 5.92 Å². The number of nitrogens with zero attached hydrogens (tertiary/aromatic N) is 2. The minimum Gasteiger partial charge on any atom is -0.355 e. The van der Waals surface area contributed by atoms with Crippen molar-refractivity contribution in [1.82, 2.24) is 20.5 Å². The summed E-state index contributed by atoms with van der Waals surface area (Å²) in [7, 11) is 0. The van der Waals surface area contributed by atoms with Crippen molar-refractivity contribution in [2.24, 2.45) is 5.92 Å². The van der Waals surface area contributed by atoms with Crippen LogP contribution in [0.15, 0.2) is 24.5 Å². The second-order valence-electron chi connectivity index (χ2n) is 7.16. The third-order valence-electron chi connectivity index (χ3n) is 4.81. The highest BCUT2D eigenvalue weighted by Gasteiger charge is 2.37. The molecule has 3 rings (SSSR count). The van der Waals surface area contributed by atoms with Gasteiger partial charge in [-0.1, -0.05) is 6.07 Å². The van der Waals surface area contributed by atoms with Crippen LogP contribution in [-0.2, 0) is 16.1 Å². The maximum atomic E-state index is 12.4. The molecular formula is C19H28N4O2S. The van der Waals surface area contributed by atoms with E-state index in [2.05, 4.69) is 20.5 Å². The van der Waals surface area contributed by atoms with Gasteiger partial charge in [-0.25, -0.2) is 0 Å². The first-order chi connectivity index (χ1) is 12.7. The molecule has 2 fully saturated rings. The summed E-state index contributed by atoms with van der Waals surface area (Å²) in [5, 5.41) is 6.04. The van der Waals surface area contributed by atoms with Crippen molar-refractivity contribution in [3.05, 3.63) is 30.1 Å². The molecule has 2 amide bonds. The van der Waals surface area contributed by atoms with Crippen molar-refractivity contribution in [3.63, 3.8) is 0 Å². The minimum absolute atomic E-state index is 0.0216. The Labute approximate surface area is 159 Å². The minimum atomic E-state index is -0.209. The van der Waals surface area contributed by atoms with Crippen molar-refractivity contribution < 1.29 is 9.59 Å². The zero-order chi connectivity index (χ0) is 18.4. The topological polar surface area (TPSA) is 74.3 Å². The number of rotatable bonds is 9. The molecular weight excluding hydrogens is 348 g/mol. The summed E-state index contributed by atoms with van der Waals surface area (Å²) >= 11 is 1.72. The molecule has 1 saturated heterocycles. The average molecular weight is 377 g/mol. The molecule has 0 aromatic carbocycles. The maximum absolute atomic E-state index is 12.4. The van der Waals surface area contributed by atoms with Crippen LogP contribution in [0.25, 0.3) is 0 Å². The quantitative estimate of drug-likeness (QED) is 0.682. The normalized spacial score (nSPS) is 23.0. The zero-order valence-electron chi connectivity index (χ0n) is 15.3. The largest absolute Gasteiger partial charge is 0.355 e. The second kappa shape index (κ2) is 9.37. The Morgan fingerprint density at radius 2 is 2.23 bits per heavy atom. The van der Waals surface area contributed by atoms with E-state index < -0.39 is 0 Å². The predicted molar refractivity (Wildman–Crippen MR) is 104 cm³/mol. The van der Waals surface area contributed by atoms with E-state index in [9.17, 15) is 9.59 Å². The first-order valence-electron chi connectivity index (χ1n) is 9.43. The molecule has 0 spiro atoms. The smallest absolute Gasteiger partial charge is 0.237 e. The highest BCUT2D eigenvalue weighted by molar-refractivity contribution is 7.99. The number of likely N-dealkylation sites (N-methyl/N-ethyl adjacent to an activating group) is 1. The van der Waals surface area contributed by atoms with Crippen LogP contribution in [0.5, 0.6) is 0 Å². The fourth-order valence-electron chi connectivity index (χ4n) is 3.35. The van der Waals surface area contributed by atoms with Gasteiger partial charge < -0.3 is 10.6 Å². The Morgan fingerprint density at radius 3 is 2.92 bits per heavy atom. The van der Waals surface area contributed by atoms with Crippen LogP contribution in [-0.4, -0.2) is 58.4 Å². The van der Waals surface area contributed by atoms with Gasteiger partial charge in [-0.05, 0) is 49.5 Å². The first kappa shape index (κ1) is 19.2. The van der Waals surface area contributed by atoms with Gasteiger partial charge in [0.1, 0.15) is 0 Å². The number of thioether (sulfide) groups is 1. The van der Waals surface area contributed by atoms with E-state index in [0.717, 1.165) is 17.2 Å². The summed E-state index contributed by atoms with van der Waals surface area (Å²) in [6.45, 7) is 3.90. The second-order valence-corrected chi connectivity index (χ2v) is 8.19. The summed E-state index contributed by atoms with van der Waals surface area (Å²) in [4.78, 5) is 30.9. The molecule has 1 aliphatic heterocycles. The van der Waals surface area contributed by atoms with Gasteiger partial charge in [0, 0.05) is 38.1 Å². The van der Waals surface area contributed by atoms with Crippen LogP contribution >= 0.6 is 11.8 Å². The van der Waals surface area contributed by atoms with Gasteiger partial charge >= 0.3 is 0 Å². The van der Waals surface area contributed by atoms with Gasteiger partial charge in [0.25, 0.3) is 0 Å². The molecule has 2 aliphatic rings. The summed E-state index contributed by atoms with van der Waals surface area (Å²) < 4.78 is 0. The Kier molecular flexibility index (Phi) is 6.91. The maximum Gasteiger partial charge on any atom is 0.237 e. The van der Waals surface area contributed by atoms with Crippen LogP contribution in [0.1, 0.15) is 31.7 Å². The lowest BCUT2D eigenvalue weighted by atomic mass is 10.1. The number of aromatic nitrogens is 1. The van der Waals surface area contributed by atoms with E-state index in [1.165, 1.54) is 12.8 Å². The van der Waals surface area contributed by atoms with Crippen molar-refractivity contribution in [2.75, 3.05) is 24.6 Å². The van der Waals surface area contributed by atoms with E-state index in [4.69, 9.17) is 0 Å². The highest BCUT2D eigenvalue weighted by Crippen LogP contribution is 2.32. The Balaban J connectivity index is 1.53. The van der Waals surface area contributed by atoms with Crippen LogP contribution in [0.2, 0.25) is 0 Å². The van der Waals surface area contributed by atoms with Gasteiger partial charge in [-0.2, -0.15) is 11.8 Å². The van der Waals surface area contributed by atoms with Crippen molar-refractivity contribution in [2.45, 2.75) is 44.8 Å². The lowest BCUT2D eigenvalue weighted by Gasteiger charge is -2.23. The Morgan fingerprint density at radius 1 is 1.38 bits per heavy atom. The van der Waals surface area contributed by atoms with E-state index in [1.807, 2.05) is 25.3 Å². The molecule has 0 radical (unpaired) electrons. The molecule has 26 heavy (non-hydrogen) atoms. The summed E-state index contributed by atoms with van der Waals surface area (Å²) in [6, 6.07) is 3.73. The lowest BCUT2D eigenvalue weighted by Crippen LogP contribution is -2.42.